The van der Waals surface area contributed by atoms with Crippen molar-refractivity contribution < 1.29 is 17.9 Å². The van der Waals surface area contributed by atoms with E-state index in [1.807, 2.05) is 72.5 Å². The van der Waals surface area contributed by atoms with Crippen molar-refractivity contribution in [1.29, 1.82) is 0 Å². The summed E-state index contributed by atoms with van der Waals surface area (Å²) in [5, 5.41) is 1.20. The highest BCUT2D eigenvalue weighted by atomic mass is 35.5. The number of carbonyl (C=O) groups excluding carboxylic acids is 1. The van der Waals surface area contributed by atoms with Gasteiger partial charge in [-0.25, -0.2) is 13.2 Å². The zero-order chi connectivity index (χ0) is 32.1. The average molecular weight is 704 g/mol. The van der Waals surface area contributed by atoms with E-state index in [-0.39, 0.29) is 24.2 Å². The number of hydrogen-bond acceptors (Lipinski definition) is 6. The summed E-state index contributed by atoms with van der Waals surface area (Å²) in [4.78, 5) is 25.7. The van der Waals surface area contributed by atoms with Gasteiger partial charge in [0.15, 0.2) is 0 Å². The fourth-order valence-electron chi connectivity index (χ4n) is 5.79. The van der Waals surface area contributed by atoms with E-state index in [1.165, 1.54) is 6.26 Å². The van der Waals surface area contributed by atoms with Gasteiger partial charge in [-0.3, -0.25) is 14.8 Å². The van der Waals surface area contributed by atoms with Gasteiger partial charge in [0.2, 0.25) is 0 Å². The van der Waals surface area contributed by atoms with Gasteiger partial charge in [0.25, 0.3) is 0 Å². The molecule has 0 saturated carbocycles. The monoisotopic (exact) mass is 702 g/mol. The number of hydrogen-bond donors (Lipinski definition) is 0. The fraction of sp³-hybridized carbons (Fsp3) is 0.353. The number of aliphatic imine (C=N–C) groups is 1. The van der Waals surface area contributed by atoms with Crippen LogP contribution >= 0.6 is 35.6 Å². The predicted octanol–water partition coefficient (Wildman–Crippen LogP) is 6.51. The molecular formula is C34H37Cl3N4O4S. The maximum Gasteiger partial charge on any atom is 0.326 e. The Morgan fingerprint density at radius 3 is 2.15 bits per heavy atom. The van der Waals surface area contributed by atoms with Crippen molar-refractivity contribution >= 4 is 57.3 Å². The Labute approximate surface area is 287 Å². The summed E-state index contributed by atoms with van der Waals surface area (Å²) in [5.41, 5.74) is 3.11. The number of terminal acetylenes is 1. The van der Waals surface area contributed by atoms with Crippen LogP contribution in [0, 0.1) is 12.3 Å². The molecule has 0 spiro atoms. The van der Waals surface area contributed by atoms with E-state index in [4.69, 9.17) is 39.4 Å². The van der Waals surface area contributed by atoms with Crippen molar-refractivity contribution in [1.82, 2.24) is 14.7 Å². The lowest BCUT2D eigenvalue weighted by atomic mass is 9.93. The van der Waals surface area contributed by atoms with Gasteiger partial charge in [0.05, 0.1) is 24.0 Å². The van der Waals surface area contributed by atoms with Crippen LogP contribution in [0.2, 0.25) is 10.0 Å². The van der Waals surface area contributed by atoms with Crippen molar-refractivity contribution in [2.75, 3.05) is 51.3 Å². The molecule has 2 heterocycles. The van der Waals surface area contributed by atoms with Crippen molar-refractivity contribution in [3.05, 3.63) is 99.0 Å². The molecule has 0 unspecified atom stereocenters. The lowest BCUT2D eigenvalue weighted by Gasteiger charge is -2.39. The molecule has 2 aliphatic rings. The van der Waals surface area contributed by atoms with E-state index in [0.29, 0.717) is 78.5 Å². The van der Waals surface area contributed by atoms with Crippen LogP contribution in [0.3, 0.4) is 0 Å². The number of urea groups is 1. The third kappa shape index (κ3) is 8.36. The van der Waals surface area contributed by atoms with Gasteiger partial charge in [-0.1, -0.05) is 53.4 Å². The van der Waals surface area contributed by atoms with Crippen LogP contribution in [-0.4, -0.2) is 86.3 Å². The minimum absolute atomic E-state index is 0. The number of amidine groups is 1. The van der Waals surface area contributed by atoms with Gasteiger partial charge in [-0.15, -0.1) is 18.8 Å². The smallest absolute Gasteiger partial charge is 0.326 e. The first-order chi connectivity index (χ1) is 21.6. The summed E-state index contributed by atoms with van der Waals surface area (Å²) < 4.78 is 29.2. The summed E-state index contributed by atoms with van der Waals surface area (Å²) in [7, 11) is -3.02. The number of piperazine rings is 1. The second-order valence-electron chi connectivity index (χ2n) is 11.2. The SMILES string of the molecule is C#Cc1ccc(C2=N[C@@H](c3ccc(Cl)cc3)[C@@H](c3ccc(Cl)cc3)N2C(=O)N2CCN(CCCS(C)(=O)=O)CC2)c(OCC)c1.Cl. The summed E-state index contributed by atoms with van der Waals surface area (Å²) in [5.74, 6) is 3.85. The number of sulfone groups is 1. The highest BCUT2D eigenvalue weighted by molar-refractivity contribution is 7.90. The average Bonchev–Trinajstić information content (AvgIpc) is 3.41. The Balaban J connectivity index is 0.00000480. The van der Waals surface area contributed by atoms with E-state index >= 15 is 0 Å². The first-order valence-electron chi connectivity index (χ1n) is 14.9. The quantitative estimate of drug-likeness (QED) is 0.238. The molecule has 8 nitrogen and oxygen atoms in total. The molecule has 46 heavy (non-hydrogen) atoms. The standard InChI is InChI=1S/C34H36Cl2N4O4S.ClH/c1-4-24-7-16-29(30(23-24)44-5-2)33-37-31(25-8-12-27(35)13-9-25)32(26-10-14-28(36)15-11-26)40(33)34(41)39-20-18-38(19-21-39)17-6-22-45(3,42)43;/h1,7-16,23,31-32H,5-6,17-22H2,2-3H3;1H/t31-,32+;/m0./s1. The lowest BCUT2D eigenvalue weighted by molar-refractivity contribution is 0.119. The Morgan fingerprint density at radius 1 is 0.978 bits per heavy atom. The van der Waals surface area contributed by atoms with Crippen molar-refractivity contribution in [3.8, 4) is 18.1 Å². The number of halogens is 3. The minimum Gasteiger partial charge on any atom is -0.493 e. The van der Waals surface area contributed by atoms with Gasteiger partial charge in [0.1, 0.15) is 27.5 Å². The molecule has 244 valence electrons. The van der Waals surface area contributed by atoms with Gasteiger partial charge in [-0.05, 0) is 73.5 Å². The number of ether oxygens (including phenoxy) is 1. The molecular weight excluding hydrogens is 667 g/mol. The van der Waals surface area contributed by atoms with E-state index in [9.17, 15) is 13.2 Å². The van der Waals surface area contributed by atoms with Crippen LogP contribution in [0.15, 0.2) is 71.7 Å². The van der Waals surface area contributed by atoms with Crippen molar-refractivity contribution in [2.45, 2.75) is 25.4 Å². The normalized spacial score (nSPS) is 18.5. The van der Waals surface area contributed by atoms with Gasteiger partial charge < -0.3 is 9.64 Å². The Morgan fingerprint density at radius 2 is 1.59 bits per heavy atom. The van der Waals surface area contributed by atoms with E-state index < -0.39 is 21.9 Å². The third-order valence-electron chi connectivity index (χ3n) is 8.02. The number of rotatable bonds is 9. The van der Waals surface area contributed by atoms with Crippen LogP contribution in [0.4, 0.5) is 4.79 Å². The molecule has 2 aliphatic heterocycles. The molecule has 0 aliphatic carbocycles. The van der Waals surface area contributed by atoms with Crippen LogP contribution in [0.5, 0.6) is 5.75 Å². The van der Waals surface area contributed by atoms with Crippen LogP contribution in [0.1, 0.15) is 47.7 Å². The van der Waals surface area contributed by atoms with E-state index in [1.54, 1.807) is 11.0 Å². The highest BCUT2D eigenvalue weighted by Crippen LogP contribution is 2.45. The molecule has 1 saturated heterocycles. The maximum atomic E-state index is 14.7. The number of benzene rings is 3. The molecule has 0 bridgehead atoms. The molecule has 5 rings (SSSR count). The summed E-state index contributed by atoms with van der Waals surface area (Å²) in [6.45, 7) is 5.24. The number of carbonyl (C=O) groups is 1. The second-order valence-corrected chi connectivity index (χ2v) is 14.3. The minimum atomic E-state index is -3.02. The van der Waals surface area contributed by atoms with Crippen LogP contribution in [-0.2, 0) is 9.84 Å². The molecule has 0 N–H and O–H groups in total. The molecule has 0 aromatic heterocycles. The Kier molecular flexibility index (Phi) is 12.0. The number of nitrogens with zero attached hydrogens (tertiary/aromatic N) is 4. The van der Waals surface area contributed by atoms with E-state index in [2.05, 4.69) is 10.8 Å². The van der Waals surface area contributed by atoms with Crippen LogP contribution < -0.4 is 4.74 Å². The first-order valence-corrected chi connectivity index (χ1v) is 17.7. The predicted molar refractivity (Wildman–Crippen MR) is 187 cm³/mol. The molecule has 12 heteroatoms. The Hall–Kier alpha value is -3.26. The Bertz CT molecular complexity index is 1700. The fourth-order valence-corrected chi connectivity index (χ4v) is 6.70. The second kappa shape index (κ2) is 15.6. The highest BCUT2D eigenvalue weighted by Gasteiger charge is 2.45. The maximum absolute atomic E-state index is 14.7. The molecule has 3 aromatic carbocycles. The largest absolute Gasteiger partial charge is 0.493 e. The summed E-state index contributed by atoms with van der Waals surface area (Å²) in [6, 6.07) is 19.4. The first kappa shape index (κ1) is 35.6. The molecule has 3 aromatic rings. The topological polar surface area (TPSA) is 82.5 Å². The third-order valence-corrected chi connectivity index (χ3v) is 9.55. The summed E-state index contributed by atoms with van der Waals surface area (Å²) in [6.07, 6.45) is 7.53. The van der Waals surface area contributed by atoms with Crippen molar-refractivity contribution in [2.24, 2.45) is 4.99 Å². The number of amides is 2. The lowest BCUT2D eigenvalue weighted by Crippen LogP contribution is -2.54. The zero-order valence-corrected chi connectivity index (χ0v) is 28.9. The van der Waals surface area contributed by atoms with Crippen molar-refractivity contribution in [3.63, 3.8) is 0 Å². The molecule has 0 radical (unpaired) electrons. The van der Waals surface area contributed by atoms with E-state index in [0.717, 1.165) is 11.1 Å². The molecule has 1 fully saturated rings. The van der Waals surface area contributed by atoms with Crippen LogP contribution in [0.25, 0.3) is 0 Å². The zero-order valence-electron chi connectivity index (χ0n) is 25.7. The molecule has 2 atom stereocenters. The van der Waals surface area contributed by atoms with Gasteiger partial charge in [0, 0.05) is 48.0 Å². The van der Waals surface area contributed by atoms with Gasteiger partial charge >= 0.3 is 6.03 Å². The molecule has 2 amide bonds. The summed E-state index contributed by atoms with van der Waals surface area (Å²) >= 11 is 12.5. The van der Waals surface area contributed by atoms with Gasteiger partial charge in [-0.2, -0.15) is 0 Å².